The van der Waals surface area contributed by atoms with Crippen LogP contribution in [0.3, 0.4) is 0 Å². The highest BCUT2D eigenvalue weighted by atomic mass is 16.1. The smallest absolute Gasteiger partial charge is 0.220 e. The third-order valence-electron chi connectivity index (χ3n) is 5.26. The van der Waals surface area contributed by atoms with Crippen molar-refractivity contribution in [3.8, 4) is 0 Å². The lowest BCUT2D eigenvalue weighted by atomic mass is 9.93. The Kier molecular flexibility index (Phi) is 3.88. The number of fused-ring (bicyclic) bond motifs is 2. The van der Waals surface area contributed by atoms with Gasteiger partial charge >= 0.3 is 0 Å². The van der Waals surface area contributed by atoms with Crippen molar-refractivity contribution in [2.24, 2.45) is 17.8 Å². The van der Waals surface area contributed by atoms with E-state index in [0.717, 1.165) is 43.7 Å². The van der Waals surface area contributed by atoms with E-state index in [1.54, 1.807) is 0 Å². The second-order valence-electron chi connectivity index (χ2n) is 6.60. The predicted molar refractivity (Wildman–Crippen MR) is 72.2 cm³/mol. The number of nitrogens with one attached hydrogen (secondary N) is 2. The highest BCUT2D eigenvalue weighted by Gasteiger charge is 2.39. The topological polar surface area (TPSA) is 41.1 Å². The van der Waals surface area contributed by atoms with E-state index < -0.39 is 0 Å². The molecule has 102 valence electrons. The average Bonchev–Trinajstić information content (AvgIpc) is 3.00. The first-order valence-electron chi connectivity index (χ1n) is 7.81. The number of piperidine rings is 1. The molecule has 3 heteroatoms. The summed E-state index contributed by atoms with van der Waals surface area (Å²) in [5.74, 6) is 2.75. The minimum absolute atomic E-state index is 0.304. The van der Waals surface area contributed by atoms with Crippen molar-refractivity contribution in [3.05, 3.63) is 0 Å². The number of hydrogen-bond donors (Lipinski definition) is 2. The minimum atomic E-state index is 0.304. The quantitative estimate of drug-likeness (QED) is 0.802. The Balaban J connectivity index is 1.36. The van der Waals surface area contributed by atoms with Crippen molar-refractivity contribution < 1.29 is 4.79 Å². The maximum absolute atomic E-state index is 12.0. The normalized spacial score (nSPS) is 38.9. The molecular formula is C15H26N2O. The number of carbonyl (C=O) groups is 1. The first kappa shape index (κ1) is 12.5. The molecule has 1 amide bonds. The van der Waals surface area contributed by atoms with Crippen molar-refractivity contribution in [2.75, 3.05) is 13.1 Å². The van der Waals surface area contributed by atoms with Crippen LogP contribution in [0.25, 0.3) is 0 Å². The second-order valence-corrected chi connectivity index (χ2v) is 6.60. The maximum atomic E-state index is 12.0. The highest BCUT2D eigenvalue weighted by molar-refractivity contribution is 5.76. The van der Waals surface area contributed by atoms with E-state index in [-0.39, 0.29) is 0 Å². The highest BCUT2D eigenvalue weighted by Crippen LogP contribution is 2.44. The zero-order valence-corrected chi connectivity index (χ0v) is 11.3. The van der Waals surface area contributed by atoms with Gasteiger partial charge in [-0.15, -0.1) is 0 Å². The van der Waals surface area contributed by atoms with Crippen molar-refractivity contribution in [3.63, 3.8) is 0 Å². The van der Waals surface area contributed by atoms with Crippen LogP contribution in [-0.2, 0) is 4.79 Å². The van der Waals surface area contributed by atoms with Crippen LogP contribution in [-0.4, -0.2) is 25.0 Å². The SMILES string of the molecule is O=C(CCC1CCCNC1)NC1CC2CCC1C2. The monoisotopic (exact) mass is 250 g/mol. The standard InChI is InChI=1S/C15H26N2O/c18-15(6-4-11-2-1-7-16-10-11)17-14-9-12-3-5-13(14)8-12/h11-14,16H,1-10H2,(H,17,18). The van der Waals surface area contributed by atoms with Gasteiger partial charge in [-0.3, -0.25) is 4.79 Å². The van der Waals surface area contributed by atoms with Crippen LogP contribution < -0.4 is 10.6 Å². The Morgan fingerprint density at radius 3 is 2.83 bits per heavy atom. The van der Waals surface area contributed by atoms with E-state index in [9.17, 15) is 4.79 Å². The van der Waals surface area contributed by atoms with Crippen molar-refractivity contribution in [2.45, 2.75) is 57.4 Å². The fourth-order valence-electron chi connectivity index (χ4n) is 4.21. The molecule has 1 heterocycles. The Morgan fingerprint density at radius 2 is 2.17 bits per heavy atom. The van der Waals surface area contributed by atoms with E-state index in [2.05, 4.69) is 10.6 Å². The van der Waals surface area contributed by atoms with Gasteiger partial charge in [-0.2, -0.15) is 0 Å². The van der Waals surface area contributed by atoms with Gasteiger partial charge in [0.25, 0.3) is 0 Å². The van der Waals surface area contributed by atoms with Crippen molar-refractivity contribution in [1.82, 2.24) is 10.6 Å². The summed E-state index contributed by atoms with van der Waals surface area (Å²) in [6.45, 7) is 2.27. The van der Waals surface area contributed by atoms with Crippen molar-refractivity contribution in [1.29, 1.82) is 0 Å². The van der Waals surface area contributed by atoms with Gasteiger partial charge in [-0.05, 0) is 69.4 Å². The largest absolute Gasteiger partial charge is 0.353 e. The molecule has 4 unspecified atom stereocenters. The minimum Gasteiger partial charge on any atom is -0.353 e. The van der Waals surface area contributed by atoms with Gasteiger partial charge < -0.3 is 10.6 Å². The first-order valence-corrected chi connectivity index (χ1v) is 7.81. The molecular weight excluding hydrogens is 224 g/mol. The van der Waals surface area contributed by atoms with Crippen LogP contribution in [0, 0.1) is 17.8 Å². The Hall–Kier alpha value is -0.570. The van der Waals surface area contributed by atoms with Crippen LogP contribution >= 0.6 is 0 Å². The Morgan fingerprint density at radius 1 is 1.22 bits per heavy atom. The lowest BCUT2D eigenvalue weighted by Crippen LogP contribution is -2.39. The molecule has 0 aromatic rings. The summed E-state index contributed by atoms with van der Waals surface area (Å²) in [4.78, 5) is 12.0. The Labute approximate surface area is 110 Å². The van der Waals surface area contributed by atoms with Crippen LogP contribution in [0.4, 0.5) is 0 Å². The molecule has 0 aromatic carbocycles. The van der Waals surface area contributed by atoms with E-state index in [0.29, 0.717) is 11.9 Å². The summed E-state index contributed by atoms with van der Waals surface area (Å²) >= 11 is 0. The molecule has 3 aliphatic rings. The molecule has 2 aliphatic carbocycles. The summed E-state index contributed by atoms with van der Waals surface area (Å²) in [5.41, 5.74) is 0. The number of amides is 1. The first-order chi connectivity index (χ1) is 8.81. The molecule has 2 bridgehead atoms. The maximum Gasteiger partial charge on any atom is 0.220 e. The van der Waals surface area contributed by atoms with Crippen molar-refractivity contribution >= 4 is 5.91 Å². The number of carbonyl (C=O) groups excluding carboxylic acids is 1. The third kappa shape index (κ3) is 2.87. The van der Waals surface area contributed by atoms with Crippen LogP contribution in [0.15, 0.2) is 0 Å². The van der Waals surface area contributed by atoms with Gasteiger partial charge in [0.05, 0.1) is 0 Å². The second kappa shape index (κ2) is 5.60. The van der Waals surface area contributed by atoms with E-state index in [1.807, 2.05) is 0 Å². The van der Waals surface area contributed by atoms with E-state index in [4.69, 9.17) is 0 Å². The molecule has 3 fully saturated rings. The molecule has 1 saturated heterocycles. The molecule has 18 heavy (non-hydrogen) atoms. The molecule has 2 saturated carbocycles. The van der Waals surface area contributed by atoms with E-state index >= 15 is 0 Å². The van der Waals surface area contributed by atoms with Crippen LogP contribution in [0.5, 0.6) is 0 Å². The van der Waals surface area contributed by atoms with Crippen LogP contribution in [0.2, 0.25) is 0 Å². The zero-order chi connectivity index (χ0) is 12.4. The summed E-state index contributed by atoms with van der Waals surface area (Å²) < 4.78 is 0. The number of rotatable bonds is 4. The summed E-state index contributed by atoms with van der Waals surface area (Å²) in [6, 6.07) is 0.515. The third-order valence-corrected chi connectivity index (χ3v) is 5.26. The lowest BCUT2D eigenvalue weighted by Gasteiger charge is -2.25. The molecule has 3 rings (SSSR count). The predicted octanol–water partition coefficient (Wildman–Crippen LogP) is 2.07. The molecule has 3 nitrogen and oxygen atoms in total. The van der Waals surface area contributed by atoms with Gasteiger partial charge in [0, 0.05) is 12.5 Å². The molecule has 0 radical (unpaired) electrons. The van der Waals surface area contributed by atoms with E-state index in [1.165, 1.54) is 38.5 Å². The molecule has 1 aliphatic heterocycles. The fourth-order valence-corrected chi connectivity index (χ4v) is 4.21. The molecule has 0 spiro atoms. The van der Waals surface area contributed by atoms with Gasteiger partial charge in [-0.25, -0.2) is 0 Å². The summed E-state index contributed by atoms with van der Waals surface area (Å²) in [7, 11) is 0. The van der Waals surface area contributed by atoms with Gasteiger partial charge in [0.2, 0.25) is 5.91 Å². The molecule has 4 atom stereocenters. The fraction of sp³-hybridized carbons (Fsp3) is 0.933. The van der Waals surface area contributed by atoms with Crippen LogP contribution in [0.1, 0.15) is 51.4 Å². The molecule has 0 aromatic heterocycles. The lowest BCUT2D eigenvalue weighted by molar-refractivity contribution is -0.122. The van der Waals surface area contributed by atoms with Gasteiger partial charge in [0.15, 0.2) is 0 Å². The average molecular weight is 250 g/mol. The van der Waals surface area contributed by atoms with Gasteiger partial charge in [0.1, 0.15) is 0 Å². The summed E-state index contributed by atoms with van der Waals surface area (Å²) in [5, 5.41) is 6.71. The zero-order valence-electron chi connectivity index (χ0n) is 11.3. The number of hydrogen-bond acceptors (Lipinski definition) is 2. The van der Waals surface area contributed by atoms with Gasteiger partial charge in [-0.1, -0.05) is 6.42 Å². The Bertz CT molecular complexity index is 299. The summed E-state index contributed by atoms with van der Waals surface area (Å²) in [6.07, 6.45) is 9.76. The molecule has 2 N–H and O–H groups in total.